The van der Waals surface area contributed by atoms with Crippen molar-refractivity contribution in [3.8, 4) is 0 Å². The standard InChI is InChI=1S/C12H17N/c13-12-8-6-11(7-9-12)10-4-2-1-3-5-10/h6-10H,1-5,13H2/p+1. The highest BCUT2D eigenvalue weighted by Gasteiger charge is 2.14. The summed E-state index contributed by atoms with van der Waals surface area (Å²) in [6.45, 7) is 0. The SMILES string of the molecule is [NH3+]c1ccc(C2CCCCC2)cc1. The van der Waals surface area contributed by atoms with Gasteiger partial charge in [-0.2, -0.15) is 0 Å². The molecule has 0 unspecified atom stereocenters. The summed E-state index contributed by atoms with van der Waals surface area (Å²) >= 11 is 0. The lowest BCUT2D eigenvalue weighted by Crippen LogP contribution is -2.39. The Balaban J connectivity index is 2.10. The van der Waals surface area contributed by atoms with Crippen molar-refractivity contribution in [1.29, 1.82) is 0 Å². The number of hydrogen-bond acceptors (Lipinski definition) is 0. The first-order chi connectivity index (χ1) is 6.36. The Hall–Kier alpha value is -0.820. The first kappa shape index (κ1) is 8.76. The molecular formula is C12H18N+. The molecular weight excluding hydrogens is 158 g/mol. The zero-order valence-electron chi connectivity index (χ0n) is 8.13. The molecule has 13 heavy (non-hydrogen) atoms. The molecule has 3 N–H and O–H groups in total. The molecule has 0 spiro atoms. The molecule has 1 nitrogen and oxygen atoms in total. The topological polar surface area (TPSA) is 27.6 Å². The van der Waals surface area contributed by atoms with Gasteiger partial charge in [0.25, 0.3) is 0 Å². The van der Waals surface area contributed by atoms with Gasteiger partial charge in [0.15, 0.2) is 0 Å². The van der Waals surface area contributed by atoms with Gasteiger partial charge in [0, 0.05) is 0 Å². The molecule has 0 aromatic heterocycles. The summed E-state index contributed by atoms with van der Waals surface area (Å²) < 4.78 is 0. The van der Waals surface area contributed by atoms with E-state index in [1.165, 1.54) is 37.7 Å². The summed E-state index contributed by atoms with van der Waals surface area (Å²) in [4.78, 5) is 0. The van der Waals surface area contributed by atoms with Crippen LogP contribution >= 0.6 is 0 Å². The Bertz CT molecular complexity index is 257. The van der Waals surface area contributed by atoms with Gasteiger partial charge in [-0.15, -0.1) is 0 Å². The Kier molecular flexibility index (Phi) is 2.65. The van der Waals surface area contributed by atoms with Crippen molar-refractivity contribution in [2.75, 3.05) is 0 Å². The fourth-order valence-electron chi connectivity index (χ4n) is 2.23. The summed E-state index contributed by atoms with van der Waals surface area (Å²) in [7, 11) is 0. The van der Waals surface area contributed by atoms with Gasteiger partial charge in [-0.05, 0) is 36.5 Å². The largest absolute Gasteiger partial charge is 0.325 e. The van der Waals surface area contributed by atoms with Crippen LogP contribution in [0.2, 0.25) is 0 Å². The molecule has 0 saturated heterocycles. The van der Waals surface area contributed by atoms with Gasteiger partial charge in [-0.3, -0.25) is 0 Å². The summed E-state index contributed by atoms with van der Waals surface area (Å²) in [6.07, 6.45) is 7.03. The van der Waals surface area contributed by atoms with Crippen LogP contribution in [-0.2, 0) is 0 Å². The van der Waals surface area contributed by atoms with Crippen molar-refractivity contribution < 1.29 is 5.73 Å². The molecule has 0 radical (unpaired) electrons. The highest BCUT2D eigenvalue weighted by molar-refractivity contribution is 5.33. The molecule has 0 amide bonds. The second kappa shape index (κ2) is 3.93. The molecule has 2 rings (SSSR count). The van der Waals surface area contributed by atoms with Crippen LogP contribution in [0.15, 0.2) is 24.3 Å². The number of hydrogen-bond donors (Lipinski definition) is 1. The maximum absolute atomic E-state index is 3.91. The summed E-state index contributed by atoms with van der Waals surface area (Å²) in [5.74, 6) is 0.828. The maximum atomic E-state index is 3.91. The van der Waals surface area contributed by atoms with E-state index in [-0.39, 0.29) is 0 Å². The molecule has 1 aromatic carbocycles. The molecule has 0 bridgehead atoms. The quantitative estimate of drug-likeness (QED) is 0.681. The zero-order chi connectivity index (χ0) is 9.10. The lowest BCUT2D eigenvalue weighted by atomic mass is 9.84. The van der Waals surface area contributed by atoms with Crippen molar-refractivity contribution >= 4 is 5.69 Å². The third-order valence-electron chi connectivity index (χ3n) is 3.06. The highest BCUT2D eigenvalue weighted by Crippen LogP contribution is 2.32. The molecule has 1 aromatic rings. The predicted molar refractivity (Wildman–Crippen MR) is 54.8 cm³/mol. The van der Waals surface area contributed by atoms with Crippen LogP contribution in [-0.4, -0.2) is 0 Å². The smallest absolute Gasteiger partial charge is 0.127 e. The van der Waals surface area contributed by atoms with E-state index in [2.05, 4.69) is 30.0 Å². The molecule has 1 fully saturated rings. The van der Waals surface area contributed by atoms with Crippen molar-refractivity contribution in [3.05, 3.63) is 29.8 Å². The fraction of sp³-hybridized carbons (Fsp3) is 0.500. The average molecular weight is 176 g/mol. The Morgan fingerprint density at radius 3 is 2.15 bits per heavy atom. The van der Waals surface area contributed by atoms with Crippen LogP contribution in [0.3, 0.4) is 0 Å². The monoisotopic (exact) mass is 176 g/mol. The normalized spacial score (nSPS) is 18.8. The van der Waals surface area contributed by atoms with Crippen molar-refractivity contribution in [2.45, 2.75) is 38.0 Å². The molecule has 1 aliphatic rings. The molecule has 1 saturated carbocycles. The number of rotatable bonds is 1. The Morgan fingerprint density at radius 1 is 0.923 bits per heavy atom. The minimum atomic E-state index is 0.828. The molecule has 1 aliphatic carbocycles. The van der Waals surface area contributed by atoms with E-state index in [0.29, 0.717) is 0 Å². The van der Waals surface area contributed by atoms with Gasteiger partial charge in [-0.25, -0.2) is 0 Å². The average Bonchev–Trinajstić information content (AvgIpc) is 2.20. The first-order valence-electron chi connectivity index (χ1n) is 5.28. The Labute approximate surface area is 80.0 Å². The van der Waals surface area contributed by atoms with Gasteiger partial charge in [0.1, 0.15) is 5.69 Å². The van der Waals surface area contributed by atoms with Gasteiger partial charge in [0.2, 0.25) is 0 Å². The summed E-state index contributed by atoms with van der Waals surface area (Å²) in [5.41, 5.74) is 6.55. The fourth-order valence-corrected chi connectivity index (χ4v) is 2.23. The van der Waals surface area contributed by atoms with Crippen molar-refractivity contribution in [2.24, 2.45) is 0 Å². The van der Waals surface area contributed by atoms with Crippen LogP contribution in [0.1, 0.15) is 43.6 Å². The molecule has 0 heterocycles. The summed E-state index contributed by atoms with van der Waals surface area (Å²) in [5, 5.41) is 0. The van der Waals surface area contributed by atoms with Gasteiger partial charge in [0.05, 0.1) is 0 Å². The highest BCUT2D eigenvalue weighted by atomic mass is 14.5. The molecule has 0 atom stereocenters. The molecule has 0 aliphatic heterocycles. The van der Waals surface area contributed by atoms with Crippen LogP contribution < -0.4 is 5.73 Å². The Morgan fingerprint density at radius 2 is 1.54 bits per heavy atom. The number of benzene rings is 1. The maximum Gasteiger partial charge on any atom is 0.127 e. The van der Waals surface area contributed by atoms with Gasteiger partial charge >= 0.3 is 0 Å². The van der Waals surface area contributed by atoms with E-state index in [1.54, 1.807) is 0 Å². The second-order valence-electron chi connectivity index (χ2n) is 4.08. The van der Waals surface area contributed by atoms with E-state index < -0.39 is 0 Å². The van der Waals surface area contributed by atoms with Crippen LogP contribution in [0.4, 0.5) is 5.69 Å². The number of quaternary nitrogens is 1. The second-order valence-corrected chi connectivity index (χ2v) is 4.08. The van der Waals surface area contributed by atoms with Crippen LogP contribution in [0, 0.1) is 0 Å². The van der Waals surface area contributed by atoms with E-state index in [9.17, 15) is 0 Å². The van der Waals surface area contributed by atoms with Crippen LogP contribution in [0.5, 0.6) is 0 Å². The minimum absolute atomic E-state index is 0.828. The zero-order valence-corrected chi connectivity index (χ0v) is 8.13. The van der Waals surface area contributed by atoms with Crippen molar-refractivity contribution in [3.63, 3.8) is 0 Å². The van der Waals surface area contributed by atoms with Gasteiger partial charge in [-0.1, -0.05) is 31.4 Å². The lowest BCUT2D eigenvalue weighted by molar-refractivity contribution is -0.254. The van der Waals surface area contributed by atoms with E-state index in [4.69, 9.17) is 0 Å². The first-order valence-corrected chi connectivity index (χ1v) is 5.28. The van der Waals surface area contributed by atoms with E-state index >= 15 is 0 Å². The van der Waals surface area contributed by atoms with Crippen molar-refractivity contribution in [1.82, 2.24) is 0 Å². The lowest BCUT2D eigenvalue weighted by Gasteiger charge is -2.21. The molecule has 1 heteroatoms. The molecule has 70 valence electrons. The third kappa shape index (κ3) is 2.10. The predicted octanol–water partition coefficient (Wildman–Crippen LogP) is 2.61. The van der Waals surface area contributed by atoms with E-state index in [1.807, 2.05) is 0 Å². The third-order valence-corrected chi connectivity index (χ3v) is 3.06. The van der Waals surface area contributed by atoms with Crippen LogP contribution in [0.25, 0.3) is 0 Å². The van der Waals surface area contributed by atoms with E-state index in [0.717, 1.165) is 11.6 Å². The minimum Gasteiger partial charge on any atom is -0.325 e. The van der Waals surface area contributed by atoms with Gasteiger partial charge < -0.3 is 5.73 Å². The summed E-state index contributed by atoms with van der Waals surface area (Å²) in [6, 6.07) is 8.75.